The predicted molar refractivity (Wildman–Crippen MR) is 95.1 cm³/mol. The second-order valence-corrected chi connectivity index (χ2v) is 6.50. The molecule has 0 aliphatic carbocycles. The number of hydrogen-bond donors (Lipinski definition) is 0. The van der Waals surface area contributed by atoms with Crippen LogP contribution in [0.4, 0.5) is 0 Å². The molecule has 0 heterocycles. The number of benzene rings is 2. The highest BCUT2D eigenvalue weighted by Crippen LogP contribution is 2.29. The third-order valence-corrected chi connectivity index (χ3v) is 3.82. The summed E-state index contributed by atoms with van der Waals surface area (Å²) in [5, 5.41) is 2.37. The van der Waals surface area contributed by atoms with Gasteiger partial charge < -0.3 is 14.2 Å². The van der Waals surface area contributed by atoms with Crippen molar-refractivity contribution in [1.29, 1.82) is 0 Å². The molecule has 0 fully saturated rings. The molecule has 1 atom stereocenters. The fourth-order valence-corrected chi connectivity index (χ4v) is 2.61. The van der Waals surface area contributed by atoms with E-state index >= 15 is 0 Å². The van der Waals surface area contributed by atoms with Crippen molar-refractivity contribution >= 4 is 10.8 Å². The molecular formula is C20H28O3. The van der Waals surface area contributed by atoms with Crippen LogP contribution >= 0.6 is 0 Å². The lowest BCUT2D eigenvalue weighted by Gasteiger charge is -2.28. The quantitative estimate of drug-likeness (QED) is 0.663. The molecule has 3 heteroatoms. The van der Waals surface area contributed by atoms with Crippen LogP contribution in [0.15, 0.2) is 36.4 Å². The first-order valence-electron chi connectivity index (χ1n) is 8.29. The van der Waals surface area contributed by atoms with E-state index in [0.717, 1.165) is 5.75 Å². The first-order chi connectivity index (χ1) is 10.9. The number of hydrogen-bond acceptors (Lipinski definition) is 3. The minimum atomic E-state index is -0.245. The fourth-order valence-electron chi connectivity index (χ4n) is 2.61. The van der Waals surface area contributed by atoms with E-state index in [0.29, 0.717) is 0 Å². The zero-order valence-electron chi connectivity index (χ0n) is 15.0. The number of methoxy groups -OCH3 is 1. The van der Waals surface area contributed by atoms with Crippen molar-refractivity contribution in [3.63, 3.8) is 0 Å². The lowest BCUT2D eigenvalue weighted by Crippen LogP contribution is -2.29. The second kappa shape index (κ2) is 7.80. The van der Waals surface area contributed by atoms with Crippen LogP contribution < -0.4 is 4.74 Å². The minimum absolute atomic E-state index is 0.130. The topological polar surface area (TPSA) is 27.7 Å². The van der Waals surface area contributed by atoms with Gasteiger partial charge in [-0.05, 0) is 56.2 Å². The zero-order valence-corrected chi connectivity index (χ0v) is 15.0. The zero-order chi connectivity index (χ0) is 17.0. The maximum absolute atomic E-state index is 5.98. The fraction of sp³-hybridized carbons (Fsp3) is 0.500. The van der Waals surface area contributed by atoms with Gasteiger partial charge in [-0.2, -0.15) is 0 Å². The summed E-state index contributed by atoms with van der Waals surface area (Å²) in [6.07, 6.45) is 0.0162. The molecule has 0 radical (unpaired) electrons. The highest BCUT2D eigenvalue weighted by molar-refractivity contribution is 5.84. The van der Waals surface area contributed by atoms with Gasteiger partial charge in [-0.25, -0.2) is 0 Å². The average molecular weight is 316 g/mol. The van der Waals surface area contributed by atoms with Crippen LogP contribution in [-0.4, -0.2) is 25.6 Å². The molecule has 3 nitrogen and oxygen atoms in total. The summed E-state index contributed by atoms with van der Waals surface area (Å²) in [5.74, 6) is 1.04. The Bertz CT molecular complexity index is 624. The van der Waals surface area contributed by atoms with Crippen LogP contribution in [0, 0.1) is 0 Å². The largest absolute Gasteiger partial charge is 0.497 e. The van der Waals surface area contributed by atoms with Crippen LogP contribution in [-0.2, 0) is 9.47 Å². The number of ether oxygens (including phenoxy) is 3. The monoisotopic (exact) mass is 316 g/mol. The first kappa shape index (κ1) is 17.8. The average Bonchev–Trinajstić information content (AvgIpc) is 2.51. The van der Waals surface area contributed by atoms with Crippen LogP contribution in [0.2, 0.25) is 0 Å². The second-order valence-electron chi connectivity index (χ2n) is 6.50. The Hall–Kier alpha value is -1.58. The predicted octanol–water partition coefficient (Wildman–Crippen LogP) is 5.13. The van der Waals surface area contributed by atoms with Gasteiger partial charge in [0, 0.05) is 5.92 Å². The summed E-state index contributed by atoms with van der Waals surface area (Å²) in [4.78, 5) is 0. The molecular weight excluding hydrogens is 288 g/mol. The number of rotatable bonds is 7. The summed E-state index contributed by atoms with van der Waals surface area (Å²) in [6, 6.07) is 12.6. The molecule has 2 aromatic carbocycles. The molecule has 2 rings (SSSR count). The molecule has 2 aromatic rings. The van der Waals surface area contributed by atoms with E-state index < -0.39 is 0 Å². The van der Waals surface area contributed by atoms with Crippen molar-refractivity contribution in [2.75, 3.05) is 7.11 Å². The minimum Gasteiger partial charge on any atom is -0.497 e. The normalized spacial score (nSPS) is 13.3. The molecule has 126 valence electrons. The van der Waals surface area contributed by atoms with E-state index in [4.69, 9.17) is 14.2 Å². The maximum atomic E-state index is 5.98. The highest BCUT2D eigenvalue weighted by Gasteiger charge is 2.23. The van der Waals surface area contributed by atoms with Crippen LogP contribution in [0.1, 0.15) is 46.1 Å². The Morgan fingerprint density at radius 2 is 1.30 bits per heavy atom. The van der Waals surface area contributed by atoms with E-state index in [2.05, 4.69) is 37.3 Å². The van der Waals surface area contributed by atoms with Crippen LogP contribution in [0.5, 0.6) is 5.75 Å². The van der Waals surface area contributed by atoms with E-state index in [-0.39, 0.29) is 24.4 Å². The van der Waals surface area contributed by atoms with Gasteiger partial charge in [-0.15, -0.1) is 0 Å². The highest BCUT2D eigenvalue weighted by atomic mass is 16.7. The van der Waals surface area contributed by atoms with Gasteiger partial charge in [0.2, 0.25) is 0 Å². The Morgan fingerprint density at radius 1 is 0.739 bits per heavy atom. The Kier molecular flexibility index (Phi) is 6.03. The Balaban J connectivity index is 2.28. The summed E-state index contributed by atoms with van der Waals surface area (Å²) >= 11 is 0. The van der Waals surface area contributed by atoms with Gasteiger partial charge in [0.25, 0.3) is 0 Å². The van der Waals surface area contributed by atoms with Crippen LogP contribution in [0.25, 0.3) is 10.8 Å². The molecule has 0 aromatic heterocycles. The van der Waals surface area contributed by atoms with E-state index in [1.54, 1.807) is 7.11 Å². The summed E-state index contributed by atoms with van der Waals surface area (Å²) in [5.41, 5.74) is 1.22. The molecule has 0 amide bonds. The first-order valence-corrected chi connectivity index (χ1v) is 8.29. The van der Waals surface area contributed by atoms with Crippen molar-refractivity contribution < 1.29 is 14.2 Å². The third-order valence-electron chi connectivity index (χ3n) is 3.82. The van der Waals surface area contributed by atoms with Gasteiger partial charge in [0.1, 0.15) is 5.75 Å². The van der Waals surface area contributed by atoms with Gasteiger partial charge in [0.15, 0.2) is 6.29 Å². The van der Waals surface area contributed by atoms with E-state index in [1.165, 1.54) is 16.3 Å². The molecule has 0 aliphatic heterocycles. The van der Waals surface area contributed by atoms with Crippen molar-refractivity contribution in [2.24, 2.45) is 0 Å². The van der Waals surface area contributed by atoms with Gasteiger partial charge in [-0.3, -0.25) is 0 Å². The molecule has 0 bridgehead atoms. The lowest BCUT2D eigenvalue weighted by atomic mass is 9.97. The molecule has 0 spiro atoms. The van der Waals surface area contributed by atoms with Crippen molar-refractivity contribution in [3.05, 3.63) is 42.0 Å². The van der Waals surface area contributed by atoms with Gasteiger partial charge in [-0.1, -0.05) is 31.2 Å². The molecule has 0 aliphatic rings. The van der Waals surface area contributed by atoms with E-state index in [1.807, 2.05) is 33.8 Å². The van der Waals surface area contributed by atoms with Gasteiger partial charge >= 0.3 is 0 Å². The third kappa shape index (κ3) is 4.69. The molecule has 23 heavy (non-hydrogen) atoms. The molecule has 1 unspecified atom stereocenters. The van der Waals surface area contributed by atoms with Crippen molar-refractivity contribution in [2.45, 2.75) is 59.0 Å². The van der Waals surface area contributed by atoms with Crippen molar-refractivity contribution in [1.82, 2.24) is 0 Å². The summed E-state index contributed by atoms with van der Waals surface area (Å²) in [7, 11) is 1.69. The Morgan fingerprint density at radius 3 is 1.87 bits per heavy atom. The SMILES string of the molecule is COc1ccc2cc(C(C)C(OC(C)C)OC(C)C)ccc2c1. The molecule has 0 N–H and O–H groups in total. The standard InChI is InChI=1S/C20H28O3/c1-13(2)22-20(23-14(3)4)15(5)16-7-8-18-12-19(21-6)10-9-17(18)11-16/h7-15,20H,1-6H3. The molecule has 0 saturated heterocycles. The van der Waals surface area contributed by atoms with E-state index in [9.17, 15) is 0 Å². The van der Waals surface area contributed by atoms with Gasteiger partial charge in [0.05, 0.1) is 19.3 Å². The maximum Gasteiger partial charge on any atom is 0.164 e. The van der Waals surface area contributed by atoms with Crippen molar-refractivity contribution in [3.8, 4) is 5.75 Å². The lowest BCUT2D eigenvalue weighted by molar-refractivity contribution is -0.190. The smallest absolute Gasteiger partial charge is 0.164 e. The van der Waals surface area contributed by atoms with Crippen LogP contribution in [0.3, 0.4) is 0 Å². The molecule has 0 saturated carbocycles. The summed E-state index contributed by atoms with van der Waals surface area (Å²) < 4.78 is 17.3. The summed E-state index contributed by atoms with van der Waals surface area (Å²) in [6.45, 7) is 10.3. The number of fused-ring (bicyclic) bond motifs is 1. The Labute approximate surface area is 139 Å².